The molecule has 3 nitrogen and oxygen atoms in total. The van der Waals surface area contributed by atoms with Crippen LogP contribution in [0.5, 0.6) is 0 Å². The van der Waals surface area contributed by atoms with E-state index in [-0.39, 0.29) is 6.04 Å². The van der Waals surface area contributed by atoms with E-state index in [9.17, 15) is 0 Å². The summed E-state index contributed by atoms with van der Waals surface area (Å²) in [6.07, 6.45) is 4.96. The number of hydrogen-bond acceptors (Lipinski definition) is 3. The number of rotatable bonds is 2. The molecule has 1 aromatic carbocycles. The molecule has 1 saturated heterocycles. The fraction of sp³-hybridized carbons (Fsp3) is 0.533. The lowest BCUT2D eigenvalue weighted by atomic mass is 9.90. The number of hydrogen-bond donors (Lipinski definition) is 1. The summed E-state index contributed by atoms with van der Waals surface area (Å²) in [6, 6.07) is 11.4. The van der Waals surface area contributed by atoms with E-state index in [1.807, 2.05) is 12.1 Å². The minimum absolute atomic E-state index is 0.229. The van der Waals surface area contributed by atoms with Crippen LogP contribution >= 0.6 is 0 Å². The molecule has 1 aliphatic heterocycles. The molecule has 2 unspecified atom stereocenters. The van der Waals surface area contributed by atoms with Crippen LogP contribution in [0.1, 0.15) is 42.9 Å². The zero-order chi connectivity index (χ0) is 12.5. The van der Waals surface area contributed by atoms with Crippen molar-refractivity contribution in [2.24, 2.45) is 5.73 Å². The average Bonchev–Trinajstić information content (AvgIpc) is 3.23. The maximum absolute atomic E-state index is 8.86. The predicted octanol–water partition coefficient (Wildman–Crippen LogP) is 2.18. The van der Waals surface area contributed by atoms with Crippen molar-refractivity contribution in [2.75, 3.05) is 6.54 Å². The smallest absolute Gasteiger partial charge is 0.0991 e. The van der Waals surface area contributed by atoms with Gasteiger partial charge >= 0.3 is 0 Å². The van der Waals surface area contributed by atoms with Gasteiger partial charge in [-0.15, -0.1) is 0 Å². The number of piperidine rings is 1. The van der Waals surface area contributed by atoms with Gasteiger partial charge in [-0.25, -0.2) is 0 Å². The molecular weight excluding hydrogens is 222 g/mol. The van der Waals surface area contributed by atoms with Crippen molar-refractivity contribution in [3.63, 3.8) is 0 Å². The molecule has 0 radical (unpaired) electrons. The fourth-order valence-electron chi connectivity index (χ4n) is 3.06. The van der Waals surface area contributed by atoms with Crippen molar-refractivity contribution >= 4 is 0 Å². The van der Waals surface area contributed by atoms with Crippen molar-refractivity contribution in [3.05, 3.63) is 35.4 Å². The Kier molecular flexibility index (Phi) is 3.07. The maximum Gasteiger partial charge on any atom is 0.0991 e. The zero-order valence-corrected chi connectivity index (χ0v) is 10.5. The largest absolute Gasteiger partial charge is 0.326 e. The molecule has 3 rings (SSSR count). The molecule has 2 aliphatic rings. The Bertz CT molecular complexity index is 456. The third kappa shape index (κ3) is 2.14. The highest BCUT2D eigenvalue weighted by Gasteiger charge is 2.39. The van der Waals surface area contributed by atoms with Gasteiger partial charge in [0, 0.05) is 12.1 Å². The van der Waals surface area contributed by atoms with Crippen LogP contribution in [-0.4, -0.2) is 23.5 Å². The molecule has 3 heteroatoms. The first-order chi connectivity index (χ1) is 8.79. The van der Waals surface area contributed by atoms with Gasteiger partial charge in [0.2, 0.25) is 0 Å². The summed E-state index contributed by atoms with van der Waals surface area (Å²) in [4.78, 5) is 2.58. The standard InChI is InChI=1S/C15H19N3/c16-10-11-3-5-12(6-4-11)15-14(17)2-1-9-18(15)13-7-8-13/h3-6,13-15H,1-2,7-9,17H2. The molecule has 1 aliphatic carbocycles. The second-order valence-electron chi connectivity index (χ2n) is 5.45. The second-order valence-corrected chi connectivity index (χ2v) is 5.45. The van der Waals surface area contributed by atoms with Gasteiger partial charge in [0.25, 0.3) is 0 Å². The molecule has 94 valence electrons. The van der Waals surface area contributed by atoms with Gasteiger partial charge < -0.3 is 5.73 Å². The van der Waals surface area contributed by atoms with E-state index in [0.717, 1.165) is 18.0 Å². The van der Waals surface area contributed by atoms with E-state index in [1.165, 1.54) is 31.4 Å². The number of nitrogens with zero attached hydrogens (tertiary/aromatic N) is 2. The SMILES string of the molecule is N#Cc1ccc(C2C(N)CCCN2C2CC2)cc1. The van der Waals surface area contributed by atoms with Crippen LogP contribution in [0.4, 0.5) is 0 Å². The Labute approximate surface area is 108 Å². The monoisotopic (exact) mass is 241 g/mol. The summed E-state index contributed by atoms with van der Waals surface area (Å²) in [6.45, 7) is 1.17. The molecule has 0 spiro atoms. The second kappa shape index (κ2) is 4.72. The van der Waals surface area contributed by atoms with Gasteiger partial charge in [0.05, 0.1) is 17.7 Å². The first kappa shape index (κ1) is 11.7. The van der Waals surface area contributed by atoms with Crippen molar-refractivity contribution in [1.29, 1.82) is 5.26 Å². The summed E-state index contributed by atoms with van der Waals surface area (Å²) >= 11 is 0. The molecule has 1 saturated carbocycles. The molecule has 1 aromatic rings. The van der Waals surface area contributed by atoms with E-state index in [2.05, 4.69) is 23.1 Å². The maximum atomic E-state index is 8.86. The number of nitriles is 1. The van der Waals surface area contributed by atoms with Crippen LogP contribution in [0.15, 0.2) is 24.3 Å². The first-order valence-corrected chi connectivity index (χ1v) is 6.81. The van der Waals surface area contributed by atoms with E-state index in [1.54, 1.807) is 0 Å². The fourth-order valence-corrected chi connectivity index (χ4v) is 3.06. The predicted molar refractivity (Wildman–Crippen MR) is 70.8 cm³/mol. The van der Waals surface area contributed by atoms with Crippen LogP contribution in [0, 0.1) is 11.3 Å². The highest BCUT2D eigenvalue weighted by atomic mass is 15.2. The lowest BCUT2D eigenvalue weighted by molar-refractivity contribution is 0.120. The summed E-state index contributed by atoms with van der Waals surface area (Å²) in [5.74, 6) is 0. The van der Waals surface area contributed by atoms with Crippen LogP contribution < -0.4 is 5.73 Å². The van der Waals surface area contributed by atoms with Crippen molar-refractivity contribution in [2.45, 2.75) is 43.8 Å². The summed E-state index contributed by atoms with van der Waals surface area (Å²) < 4.78 is 0. The quantitative estimate of drug-likeness (QED) is 0.863. The van der Waals surface area contributed by atoms with E-state index in [0.29, 0.717) is 6.04 Å². The Morgan fingerprint density at radius 3 is 2.50 bits per heavy atom. The molecule has 2 atom stereocenters. The van der Waals surface area contributed by atoms with Gasteiger partial charge in [-0.05, 0) is 49.9 Å². The summed E-state index contributed by atoms with van der Waals surface area (Å²) in [5.41, 5.74) is 8.33. The molecule has 0 bridgehead atoms. The Morgan fingerprint density at radius 2 is 1.89 bits per heavy atom. The van der Waals surface area contributed by atoms with E-state index >= 15 is 0 Å². The minimum atomic E-state index is 0.229. The van der Waals surface area contributed by atoms with Gasteiger partial charge in [-0.2, -0.15) is 5.26 Å². The Morgan fingerprint density at radius 1 is 1.17 bits per heavy atom. The third-order valence-electron chi connectivity index (χ3n) is 4.11. The lowest BCUT2D eigenvalue weighted by Crippen LogP contribution is -2.46. The minimum Gasteiger partial charge on any atom is -0.326 e. The summed E-state index contributed by atoms with van der Waals surface area (Å²) in [5, 5.41) is 8.86. The molecular formula is C15H19N3. The first-order valence-electron chi connectivity index (χ1n) is 6.81. The van der Waals surface area contributed by atoms with Crippen LogP contribution in [0.2, 0.25) is 0 Å². The normalized spacial score (nSPS) is 28.9. The van der Waals surface area contributed by atoms with Gasteiger partial charge in [-0.3, -0.25) is 4.90 Å². The Hall–Kier alpha value is -1.37. The molecule has 2 fully saturated rings. The highest BCUT2D eigenvalue weighted by Crippen LogP contribution is 2.39. The topological polar surface area (TPSA) is 53.1 Å². The van der Waals surface area contributed by atoms with Crippen LogP contribution in [0.3, 0.4) is 0 Å². The van der Waals surface area contributed by atoms with Crippen molar-refractivity contribution < 1.29 is 0 Å². The number of nitrogens with two attached hydrogens (primary N) is 1. The lowest BCUT2D eigenvalue weighted by Gasteiger charge is -2.40. The highest BCUT2D eigenvalue weighted by molar-refractivity contribution is 5.33. The Balaban J connectivity index is 1.87. The van der Waals surface area contributed by atoms with Gasteiger partial charge in [0.15, 0.2) is 0 Å². The van der Waals surface area contributed by atoms with E-state index < -0.39 is 0 Å². The molecule has 0 aromatic heterocycles. The van der Waals surface area contributed by atoms with Gasteiger partial charge in [0.1, 0.15) is 0 Å². The average molecular weight is 241 g/mol. The van der Waals surface area contributed by atoms with Crippen LogP contribution in [0.25, 0.3) is 0 Å². The van der Waals surface area contributed by atoms with Gasteiger partial charge in [-0.1, -0.05) is 12.1 Å². The molecule has 0 amide bonds. The summed E-state index contributed by atoms with van der Waals surface area (Å²) in [7, 11) is 0. The van der Waals surface area contributed by atoms with E-state index in [4.69, 9.17) is 11.0 Å². The zero-order valence-electron chi connectivity index (χ0n) is 10.5. The van der Waals surface area contributed by atoms with Crippen LogP contribution in [-0.2, 0) is 0 Å². The molecule has 18 heavy (non-hydrogen) atoms. The van der Waals surface area contributed by atoms with Crippen molar-refractivity contribution in [1.82, 2.24) is 4.90 Å². The third-order valence-corrected chi connectivity index (χ3v) is 4.11. The van der Waals surface area contributed by atoms with Crippen molar-refractivity contribution in [3.8, 4) is 6.07 Å². The number of benzene rings is 1. The molecule has 1 heterocycles. The molecule has 2 N–H and O–H groups in total. The number of likely N-dealkylation sites (tertiary alicyclic amines) is 1.